The van der Waals surface area contributed by atoms with E-state index >= 15 is 0 Å². The quantitative estimate of drug-likeness (QED) is 0.484. The maximum Gasteiger partial charge on any atom is 0.311 e. The second-order valence-electron chi connectivity index (χ2n) is 4.28. The van der Waals surface area contributed by atoms with Gasteiger partial charge in [0, 0.05) is 16.7 Å². The largest absolute Gasteiger partial charge is 0.502 e. The van der Waals surface area contributed by atoms with Crippen LogP contribution >= 0.6 is 11.6 Å². The Hall–Kier alpha value is -2.65. The summed E-state index contributed by atoms with van der Waals surface area (Å²) < 4.78 is 23.9. The Kier molecular flexibility index (Phi) is 4.82. The molecule has 0 amide bonds. The molecule has 0 saturated heterocycles. The molecular weight excluding hydrogens is 346 g/mol. The third-order valence-electron chi connectivity index (χ3n) is 2.74. The molecule has 10 heteroatoms. The number of sulfonamides is 1. The van der Waals surface area contributed by atoms with Gasteiger partial charge in [-0.25, -0.2) is 4.83 Å². The molecule has 0 bridgehead atoms. The van der Waals surface area contributed by atoms with E-state index < -0.39 is 26.4 Å². The minimum Gasteiger partial charge on any atom is -0.502 e. The Balaban J connectivity index is 2.20. The van der Waals surface area contributed by atoms with Gasteiger partial charge in [0.25, 0.3) is 10.0 Å². The summed E-state index contributed by atoms with van der Waals surface area (Å²) in [5.41, 5.74) is -0.507. The Morgan fingerprint density at radius 3 is 2.48 bits per heavy atom. The van der Waals surface area contributed by atoms with Crippen LogP contribution in [0.1, 0.15) is 5.56 Å². The Bertz CT molecular complexity index is 866. The average Bonchev–Trinajstić information content (AvgIpc) is 2.49. The third kappa shape index (κ3) is 3.96. The zero-order chi connectivity index (χ0) is 17.0. The van der Waals surface area contributed by atoms with Gasteiger partial charge >= 0.3 is 5.69 Å². The first-order chi connectivity index (χ1) is 10.8. The molecule has 0 saturated carbocycles. The lowest BCUT2D eigenvalue weighted by molar-refractivity contribution is -0.385. The van der Waals surface area contributed by atoms with Gasteiger partial charge < -0.3 is 5.11 Å². The number of phenols is 1. The molecule has 0 aromatic heterocycles. The minimum atomic E-state index is -3.91. The lowest BCUT2D eigenvalue weighted by Crippen LogP contribution is -2.18. The Morgan fingerprint density at radius 2 is 1.87 bits per heavy atom. The number of halogens is 1. The van der Waals surface area contributed by atoms with Gasteiger partial charge in [0.2, 0.25) is 5.75 Å². The van der Waals surface area contributed by atoms with Crippen molar-refractivity contribution in [3.63, 3.8) is 0 Å². The Morgan fingerprint density at radius 1 is 1.22 bits per heavy atom. The first-order valence-electron chi connectivity index (χ1n) is 6.08. The fraction of sp³-hybridized carbons (Fsp3) is 0. The zero-order valence-electron chi connectivity index (χ0n) is 11.4. The molecule has 0 heterocycles. The van der Waals surface area contributed by atoms with Gasteiger partial charge in [-0.15, -0.1) is 0 Å². The van der Waals surface area contributed by atoms with Crippen molar-refractivity contribution < 1.29 is 18.4 Å². The maximum absolute atomic E-state index is 12.0. The zero-order valence-corrected chi connectivity index (χ0v) is 13.0. The van der Waals surface area contributed by atoms with Crippen LogP contribution in [0.5, 0.6) is 5.75 Å². The van der Waals surface area contributed by atoms with Gasteiger partial charge in [0.05, 0.1) is 16.0 Å². The van der Waals surface area contributed by atoms with Crippen molar-refractivity contribution in [3.8, 4) is 5.75 Å². The minimum absolute atomic E-state index is 0.00185. The van der Waals surface area contributed by atoms with Crippen molar-refractivity contribution in [2.75, 3.05) is 0 Å². The second-order valence-corrected chi connectivity index (χ2v) is 6.38. The predicted octanol–water partition coefficient (Wildman–Crippen LogP) is 2.27. The van der Waals surface area contributed by atoms with Crippen molar-refractivity contribution in [2.45, 2.75) is 4.90 Å². The van der Waals surface area contributed by atoms with Crippen molar-refractivity contribution in [2.24, 2.45) is 5.10 Å². The summed E-state index contributed by atoms with van der Waals surface area (Å²) in [5.74, 6) is -0.605. The molecule has 0 spiro atoms. The monoisotopic (exact) mass is 355 g/mol. The molecule has 23 heavy (non-hydrogen) atoms. The number of para-hydroxylation sites is 1. The summed E-state index contributed by atoms with van der Waals surface area (Å²) in [6.45, 7) is 0. The Labute approximate surface area is 136 Å². The molecule has 0 aliphatic heterocycles. The molecule has 0 radical (unpaired) electrons. The van der Waals surface area contributed by atoms with Crippen molar-refractivity contribution in [1.29, 1.82) is 0 Å². The van der Waals surface area contributed by atoms with Gasteiger partial charge in [0.1, 0.15) is 0 Å². The average molecular weight is 356 g/mol. The van der Waals surface area contributed by atoms with Crippen LogP contribution in [0.2, 0.25) is 5.02 Å². The van der Waals surface area contributed by atoms with Crippen LogP contribution in [0.15, 0.2) is 52.5 Å². The number of nitro benzene ring substituents is 1. The first-order valence-corrected chi connectivity index (χ1v) is 7.94. The molecule has 120 valence electrons. The van der Waals surface area contributed by atoms with Gasteiger partial charge in [-0.05, 0) is 30.3 Å². The number of benzene rings is 2. The van der Waals surface area contributed by atoms with E-state index in [1.165, 1.54) is 36.4 Å². The number of hydrazone groups is 1. The highest BCUT2D eigenvalue weighted by Crippen LogP contribution is 2.27. The number of hydrogen-bond acceptors (Lipinski definition) is 6. The van der Waals surface area contributed by atoms with Crippen LogP contribution in [0.3, 0.4) is 0 Å². The van der Waals surface area contributed by atoms with E-state index in [1.54, 1.807) is 0 Å². The summed E-state index contributed by atoms with van der Waals surface area (Å²) in [5, 5.41) is 24.3. The van der Waals surface area contributed by atoms with Crippen LogP contribution in [0.25, 0.3) is 0 Å². The van der Waals surface area contributed by atoms with Gasteiger partial charge in [-0.1, -0.05) is 17.7 Å². The second kappa shape index (κ2) is 6.63. The molecule has 0 aliphatic rings. The van der Waals surface area contributed by atoms with Crippen LogP contribution in [-0.2, 0) is 10.0 Å². The van der Waals surface area contributed by atoms with E-state index in [-0.39, 0.29) is 10.5 Å². The topological polar surface area (TPSA) is 122 Å². The number of phenolic OH excluding ortho intramolecular Hbond substituents is 1. The molecule has 0 aliphatic carbocycles. The summed E-state index contributed by atoms with van der Waals surface area (Å²) in [6.07, 6.45) is 0.968. The number of nitro groups is 1. The predicted molar refractivity (Wildman–Crippen MR) is 84.1 cm³/mol. The summed E-state index contributed by atoms with van der Waals surface area (Å²) >= 11 is 5.68. The van der Waals surface area contributed by atoms with E-state index in [1.807, 2.05) is 4.83 Å². The fourth-order valence-corrected chi connectivity index (χ4v) is 2.55. The number of nitrogens with zero attached hydrogens (tertiary/aromatic N) is 2. The molecule has 8 nitrogen and oxygen atoms in total. The van der Waals surface area contributed by atoms with Crippen molar-refractivity contribution >= 4 is 33.5 Å². The van der Waals surface area contributed by atoms with Crippen LogP contribution in [0, 0.1) is 10.1 Å². The molecule has 2 aromatic rings. The van der Waals surface area contributed by atoms with Crippen molar-refractivity contribution in [3.05, 3.63) is 63.2 Å². The van der Waals surface area contributed by atoms with Crippen LogP contribution < -0.4 is 4.83 Å². The van der Waals surface area contributed by atoms with Crippen LogP contribution in [0.4, 0.5) is 5.69 Å². The molecule has 0 atom stereocenters. The number of aromatic hydroxyl groups is 1. The number of hydrogen-bond donors (Lipinski definition) is 2. The number of nitrogens with one attached hydrogen (secondary N) is 1. The van der Waals surface area contributed by atoms with E-state index in [4.69, 9.17) is 11.6 Å². The SMILES string of the molecule is O=[N+]([O-])c1cccc(/C=N/NS(=O)(=O)c2ccc(Cl)cc2)c1O. The molecule has 0 fully saturated rings. The fourth-order valence-electron chi connectivity index (χ4n) is 1.63. The number of rotatable bonds is 5. The van der Waals surface area contributed by atoms with E-state index in [0.717, 1.165) is 12.3 Å². The highest BCUT2D eigenvalue weighted by atomic mass is 35.5. The highest BCUT2D eigenvalue weighted by Gasteiger charge is 2.16. The maximum atomic E-state index is 12.0. The van der Waals surface area contributed by atoms with Gasteiger partial charge in [0.15, 0.2) is 0 Å². The van der Waals surface area contributed by atoms with E-state index in [0.29, 0.717) is 5.02 Å². The summed E-state index contributed by atoms with van der Waals surface area (Å²) in [7, 11) is -3.91. The lowest BCUT2D eigenvalue weighted by atomic mass is 10.2. The van der Waals surface area contributed by atoms with Gasteiger partial charge in [-0.3, -0.25) is 10.1 Å². The lowest BCUT2D eigenvalue weighted by Gasteiger charge is -2.03. The molecule has 0 unspecified atom stereocenters. The van der Waals surface area contributed by atoms with E-state index in [9.17, 15) is 23.6 Å². The van der Waals surface area contributed by atoms with Crippen molar-refractivity contribution in [1.82, 2.24) is 4.83 Å². The van der Waals surface area contributed by atoms with Gasteiger partial charge in [-0.2, -0.15) is 13.5 Å². The molecule has 2 rings (SSSR count). The first kappa shape index (κ1) is 16.7. The summed E-state index contributed by atoms with van der Waals surface area (Å²) in [4.78, 5) is 11.8. The molecule has 2 N–H and O–H groups in total. The van der Waals surface area contributed by atoms with Crippen LogP contribution in [-0.4, -0.2) is 24.7 Å². The van der Waals surface area contributed by atoms with E-state index in [2.05, 4.69) is 5.10 Å². The smallest absolute Gasteiger partial charge is 0.311 e. The summed E-state index contributed by atoms with van der Waals surface area (Å²) in [6, 6.07) is 9.22. The standard InChI is InChI=1S/C13H10ClN3O5S/c14-10-4-6-11(7-5-10)23(21,22)16-15-8-9-2-1-3-12(13(9)18)17(19)20/h1-8,16,18H/b15-8+. The highest BCUT2D eigenvalue weighted by molar-refractivity contribution is 7.89. The normalized spacial score (nSPS) is 11.5. The molecule has 2 aromatic carbocycles. The third-order valence-corrected chi connectivity index (χ3v) is 4.23. The molecular formula is C13H10ClN3O5S.